The normalized spacial score (nSPS) is 18.6. The molecule has 1 saturated carbocycles. The predicted molar refractivity (Wildman–Crippen MR) is 97.0 cm³/mol. The van der Waals surface area contributed by atoms with E-state index in [0.29, 0.717) is 12.0 Å². The lowest BCUT2D eigenvalue weighted by molar-refractivity contribution is 0.465. The van der Waals surface area contributed by atoms with Crippen molar-refractivity contribution in [2.45, 2.75) is 37.6 Å². The minimum Gasteiger partial charge on any atom is -0.364 e. The molecule has 122 valence electrons. The molecule has 0 N–H and O–H groups in total. The van der Waals surface area contributed by atoms with Crippen LogP contribution in [-0.4, -0.2) is 15.9 Å². The zero-order valence-electron chi connectivity index (χ0n) is 13.4. The van der Waals surface area contributed by atoms with Gasteiger partial charge < -0.3 is 4.90 Å². The molecular formula is C19H19N3OS. The minimum atomic E-state index is 0.0133. The predicted octanol–water partition coefficient (Wildman–Crippen LogP) is 3.59. The second kappa shape index (κ2) is 5.18. The number of para-hydroxylation sites is 1. The van der Waals surface area contributed by atoms with Gasteiger partial charge in [-0.1, -0.05) is 31.0 Å². The molecule has 0 bridgehead atoms. The summed E-state index contributed by atoms with van der Waals surface area (Å²) in [5.41, 5.74) is 4.02. The fourth-order valence-corrected chi connectivity index (χ4v) is 5.26. The van der Waals surface area contributed by atoms with Crippen molar-refractivity contribution in [3.05, 3.63) is 63.5 Å². The molecule has 1 fully saturated rings. The third kappa shape index (κ3) is 2.04. The number of nitrogens with zero attached hydrogens (tertiary/aromatic N) is 3. The Morgan fingerprint density at radius 2 is 2.04 bits per heavy atom. The third-order valence-corrected chi connectivity index (χ3v) is 6.34. The molecule has 5 rings (SSSR count). The van der Waals surface area contributed by atoms with Crippen LogP contribution in [0.5, 0.6) is 0 Å². The van der Waals surface area contributed by atoms with Gasteiger partial charge in [0.2, 0.25) is 0 Å². The molecule has 0 saturated heterocycles. The van der Waals surface area contributed by atoms with Gasteiger partial charge in [0.05, 0.1) is 12.2 Å². The monoisotopic (exact) mass is 337 g/mol. The summed E-state index contributed by atoms with van der Waals surface area (Å²) in [5, 5.41) is 1.91. The van der Waals surface area contributed by atoms with Crippen LogP contribution in [0, 0.1) is 0 Å². The smallest absolute Gasteiger partial charge is 0.258 e. The number of hydrogen-bond acceptors (Lipinski definition) is 4. The Labute approximate surface area is 144 Å². The lowest BCUT2D eigenvalue weighted by Gasteiger charge is -2.25. The summed E-state index contributed by atoms with van der Waals surface area (Å²) >= 11 is 1.51. The number of anilines is 1. The highest BCUT2D eigenvalue weighted by molar-refractivity contribution is 7.15. The first-order valence-corrected chi connectivity index (χ1v) is 9.43. The summed E-state index contributed by atoms with van der Waals surface area (Å²) in [6.45, 7) is 1.76. The molecule has 0 amide bonds. The minimum absolute atomic E-state index is 0.0133. The molecule has 5 heteroatoms. The average Bonchev–Trinajstić information content (AvgIpc) is 3.30. The number of fused-ring (bicyclic) bond motifs is 3. The van der Waals surface area contributed by atoms with Crippen molar-refractivity contribution in [3.63, 3.8) is 0 Å². The van der Waals surface area contributed by atoms with Crippen LogP contribution in [0.4, 0.5) is 5.69 Å². The van der Waals surface area contributed by atoms with Gasteiger partial charge in [0.15, 0.2) is 4.96 Å². The van der Waals surface area contributed by atoms with Crippen LogP contribution in [0.3, 0.4) is 0 Å². The fourth-order valence-electron chi connectivity index (χ4n) is 4.52. The van der Waals surface area contributed by atoms with Gasteiger partial charge >= 0.3 is 0 Å². The lowest BCUT2D eigenvalue weighted by Crippen LogP contribution is -2.31. The van der Waals surface area contributed by atoms with Crippen molar-refractivity contribution < 1.29 is 0 Å². The summed E-state index contributed by atoms with van der Waals surface area (Å²) in [6, 6.07) is 10.5. The van der Waals surface area contributed by atoms with E-state index < -0.39 is 0 Å². The van der Waals surface area contributed by atoms with Crippen LogP contribution in [0.2, 0.25) is 0 Å². The number of thiazole rings is 1. The molecule has 2 aliphatic rings. The summed E-state index contributed by atoms with van der Waals surface area (Å²) in [6.07, 6.45) is 6.99. The zero-order chi connectivity index (χ0) is 16.1. The first-order chi connectivity index (χ1) is 11.8. The largest absolute Gasteiger partial charge is 0.364 e. The van der Waals surface area contributed by atoms with Gasteiger partial charge in [-0.2, -0.15) is 0 Å². The molecule has 24 heavy (non-hydrogen) atoms. The topological polar surface area (TPSA) is 37.6 Å². The molecule has 1 aromatic carbocycles. The summed E-state index contributed by atoms with van der Waals surface area (Å²) < 4.78 is 1.62. The quantitative estimate of drug-likeness (QED) is 0.717. The van der Waals surface area contributed by atoms with Gasteiger partial charge in [-0.25, -0.2) is 4.98 Å². The van der Waals surface area contributed by atoms with E-state index in [4.69, 9.17) is 0 Å². The van der Waals surface area contributed by atoms with Crippen molar-refractivity contribution in [2.24, 2.45) is 0 Å². The molecular weight excluding hydrogens is 318 g/mol. The molecule has 0 atom stereocenters. The van der Waals surface area contributed by atoms with Crippen molar-refractivity contribution in [1.82, 2.24) is 9.38 Å². The van der Waals surface area contributed by atoms with E-state index in [1.54, 1.807) is 16.7 Å². The van der Waals surface area contributed by atoms with Crippen molar-refractivity contribution in [3.8, 4) is 0 Å². The van der Waals surface area contributed by atoms with Crippen LogP contribution in [0.25, 0.3) is 4.96 Å². The highest BCUT2D eigenvalue weighted by Crippen LogP contribution is 2.50. The van der Waals surface area contributed by atoms with Gasteiger partial charge in [0.25, 0.3) is 5.56 Å². The maximum Gasteiger partial charge on any atom is 0.258 e. The second-order valence-corrected chi connectivity index (χ2v) is 7.87. The molecule has 0 unspecified atom stereocenters. The molecule has 1 spiro atoms. The standard InChI is InChI=1S/C19H19N3OS/c23-17-11-14(20-18-22(17)9-10-24-18)12-21-13-19(7-3-4-8-19)15-5-1-2-6-16(15)21/h1-2,5-6,9-11H,3-4,7-8,12-13H2. The van der Waals surface area contributed by atoms with Crippen LogP contribution in [-0.2, 0) is 12.0 Å². The maximum atomic E-state index is 12.2. The van der Waals surface area contributed by atoms with Crippen LogP contribution < -0.4 is 10.5 Å². The number of rotatable bonds is 2. The van der Waals surface area contributed by atoms with Crippen LogP contribution >= 0.6 is 11.3 Å². The average molecular weight is 337 g/mol. The summed E-state index contributed by atoms with van der Waals surface area (Å²) in [4.78, 5) is 20.1. The Balaban J connectivity index is 1.54. The van der Waals surface area contributed by atoms with E-state index in [0.717, 1.165) is 17.2 Å². The SMILES string of the molecule is O=c1cc(CN2CC3(CCCC3)c3ccccc32)nc2sccn12. The highest BCUT2D eigenvalue weighted by atomic mass is 32.1. The van der Waals surface area contributed by atoms with E-state index >= 15 is 0 Å². The molecule has 1 aliphatic heterocycles. The van der Waals surface area contributed by atoms with E-state index in [-0.39, 0.29) is 5.56 Å². The van der Waals surface area contributed by atoms with Gasteiger partial charge in [0.1, 0.15) is 0 Å². The highest BCUT2D eigenvalue weighted by Gasteiger charge is 2.44. The van der Waals surface area contributed by atoms with Gasteiger partial charge in [0, 0.05) is 35.3 Å². The van der Waals surface area contributed by atoms with Gasteiger partial charge in [-0.05, 0) is 24.5 Å². The molecule has 3 aromatic rings. The van der Waals surface area contributed by atoms with E-state index in [1.165, 1.54) is 48.3 Å². The molecule has 2 aromatic heterocycles. The Morgan fingerprint density at radius 3 is 2.92 bits per heavy atom. The number of aromatic nitrogens is 2. The van der Waals surface area contributed by atoms with E-state index in [1.807, 2.05) is 5.38 Å². The molecule has 0 radical (unpaired) electrons. The maximum absolute atomic E-state index is 12.2. The molecule has 3 heterocycles. The number of hydrogen-bond donors (Lipinski definition) is 0. The van der Waals surface area contributed by atoms with E-state index in [9.17, 15) is 4.79 Å². The lowest BCUT2D eigenvalue weighted by atomic mass is 9.81. The first-order valence-electron chi connectivity index (χ1n) is 8.55. The Kier molecular flexibility index (Phi) is 3.07. The van der Waals surface area contributed by atoms with Crippen molar-refractivity contribution >= 4 is 22.0 Å². The van der Waals surface area contributed by atoms with Gasteiger partial charge in [-0.15, -0.1) is 11.3 Å². The first kappa shape index (κ1) is 14.2. The molecule has 4 nitrogen and oxygen atoms in total. The van der Waals surface area contributed by atoms with Crippen LogP contribution in [0.1, 0.15) is 36.9 Å². The fraction of sp³-hybridized carbons (Fsp3) is 0.368. The van der Waals surface area contributed by atoms with Crippen molar-refractivity contribution in [2.75, 3.05) is 11.4 Å². The Morgan fingerprint density at radius 1 is 1.21 bits per heavy atom. The Hall–Kier alpha value is -2.14. The molecule has 1 aliphatic carbocycles. The third-order valence-electron chi connectivity index (χ3n) is 5.58. The van der Waals surface area contributed by atoms with Crippen LogP contribution in [0.15, 0.2) is 46.7 Å². The Bertz CT molecular complexity index is 968. The second-order valence-electron chi connectivity index (χ2n) is 7.00. The van der Waals surface area contributed by atoms with Crippen molar-refractivity contribution in [1.29, 1.82) is 0 Å². The summed E-state index contributed by atoms with van der Waals surface area (Å²) in [7, 11) is 0. The van der Waals surface area contributed by atoms with E-state index in [2.05, 4.69) is 34.1 Å². The zero-order valence-corrected chi connectivity index (χ0v) is 14.3. The summed E-state index contributed by atoms with van der Waals surface area (Å²) in [5.74, 6) is 0. The number of benzene rings is 1. The van der Waals surface area contributed by atoms with Gasteiger partial charge in [-0.3, -0.25) is 9.20 Å².